The molecule has 0 saturated heterocycles. The van der Waals surface area contributed by atoms with Gasteiger partial charge in [-0.3, -0.25) is 0 Å². The van der Waals surface area contributed by atoms with Crippen LogP contribution in [0.4, 0.5) is 0 Å². The van der Waals surface area contributed by atoms with Crippen LogP contribution in [0.3, 0.4) is 0 Å². The van der Waals surface area contributed by atoms with E-state index in [4.69, 9.17) is 0 Å². The Morgan fingerprint density at radius 1 is 1.00 bits per heavy atom. The molecule has 0 aliphatic rings. The van der Waals surface area contributed by atoms with E-state index in [1.54, 1.807) is 12.4 Å². The molecule has 2 rings (SSSR count). The molecule has 0 bridgehead atoms. The molecule has 1 N–H and O–H groups in total. The SMILES string of the molecule is CNC(c1ccc(C(C)(C)C)cc1)c1ncccn1. The Kier molecular flexibility index (Phi) is 3.96. The van der Waals surface area contributed by atoms with E-state index in [9.17, 15) is 0 Å². The summed E-state index contributed by atoms with van der Waals surface area (Å²) in [6, 6.07) is 10.5. The molecule has 0 radical (unpaired) electrons. The van der Waals surface area contributed by atoms with Gasteiger partial charge >= 0.3 is 0 Å². The predicted molar refractivity (Wildman–Crippen MR) is 78.1 cm³/mol. The third kappa shape index (κ3) is 3.18. The van der Waals surface area contributed by atoms with Gasteiger partial charge in [0.2, 0.25) is 0 Å². The van der Waals surface area contributed by atoms with Gasteiger partial charge in [-0.15, -0.1) is 0 Å². The van der Waals surface area contributed by atoms with Crippen molar-refractivity contribution < 1.29 is 0 Å². The van der Waals surface area contributed by atoms with Crippen LogP contribution < -0.4 is 5.32 Å². The topological polar surface area (TPSA) is 37.8 Å². The number of benzene rings is 1. The van der Waals surface area contributed by atoms with Crippen molar-refractivity contribution in [3.8, 4) is 0 Å². The molecular formula is C16H21N3. The van der Waals surface area contributed by atoms with Crippen LogP contribution in [-0.4, -0.2) is 17.0 Å². The highest BCUT2D eigenvalue weighted by atomic mass is 15.0. The van der Waals surface area contributed by atoms with E-state index in [2.05, 4.69) is 60.3 Å². The maximum Gasteiger partial charge on any atom is 0.149 e. The maximum atomic E-state index is 4.32. The zero-order chi connectivity index (χ0) is 13.9. The zero-order valence-corrected chi connectivity index (χ0v) is 12.0. The van der Waals surface area contributed by atoms with Crippen molar-refractivity contribution >= 4 is 0 Å². The minimum absolute atomic E-state index is 0.0372. The number of nitrogens with one attached hydrogen (secondary N) is 1. The summed E-state index contributed by atoms with van der Waals surface area (Å²) in [5, 5.41) is 3.27. The number of rotatable bonds is 3. The van der Waals surface area contributed by atoms with Crippen molar-refractivity contribution in [2.75, 3.05) is 7.05 Å². The molecule has 0 saturated carbocycles. The van der Waals surface area contributed by atoms with Gasteiger partial charge in [0, 0.05) is 12.4 Å². The second kappa shape index (κ2) is 5.49. The molecule has 0 spiro atoms. The number of nitrogens with zero attached hydrogens (tertiary/aromatic N) is 2. The van der Waals surface area contributed by atoms with Gasteiger partial charge in [-0.25, -0.2) is 9.97 Å². The van der Waals surface area contributed by atoms with E-state index in [1.807, 2.05) is 13.1 Å². The van der Waals surface area contributed by atoms with Crippen LogP contribution in [0.2, 0.25) is 0 Å². The molecule has 3 heteroatoms. The fourth-order valence-corrected chi connectivity index (χ4v) is 2.08. The molecule has 1 unspecified atom stereocenters. The first-order valence-electron chi connectivity index (χ1n) is 6.57. The van der Waals surface area contributed by atoms with Gasteiger partial charge in [-0.2, -0.15) is 0 Å². The highest BCUT2D eigenvalue weighted by Crippen LogP contribution is 2.25. The molecular weight excluding hydrogens is 234 g/mol. The van der Waals surface area contributed by atoms with Gasteiger partial charge in [0.25, 0.3) is 0 Å². The molecule has 0 aliphatic heterocycles. The minimum Gasteiger partial charge on any atom is -0.307 e. The highest BCUT2D eigenvalue weighted by Gasteiger charge is 2.17. The summed E-state index contributed by atoms with van der Waals surface area (Å²) >= 11 is 0. The van der Waals surface area contributed by atoms with Gasteiger partial charge in [0.1, 0.15) is 5.82 Å². The lowest BCUT2D eigenvalue weighted by molar-refractivity contribution is 0.588. The lowest BCUT2D eigenvalue weighted by atomic mass is 9.86. The molecule has 1 atom stereocenters. The molecule has 1 aromatic carbocycles. The zero-order valence-electron chi connectivity index (χ0n) is 12.0. The van der Waals surface area contributed by atoms with E-state index in [1.165, 1.54) is 11.1 Å². The first-order chi connectivity index (χ1) is 9.02. The first-order valence-corrected chi connectivity index (χ1v) is 6.57. The van der Waals surface area contributed by atoms with Crippen LogP contribution in [0, 0.1) is 0 Å². The largest absolute Gasteiger partial charge is 0.307 e. The van der Waals surface area contributed by atoms with E-state index in [0.717, 1.165) is 5.82 Å². The van der Waals surface area contributed by atoms with Gasteiger partial charge < -0.3 is 5.32 Å². The average molecular weight is 255 g/mol. The van der Waals surface area contributed by atoms with Crippen LogP contribution in [0.5, 0.6) is 0 Å². The Hall–Kier alpha value is -1.74. The maximum absolute atomic E-state index is 4.32. The van der Waals surface area contributed by atoms with E-state index < -0.39 is 0 Å². The normalized spacial score (nSPS) is 13.3. The fourth-order valence-electron chi connectivity index (χ4n) is 2.08. The average Bonchev–Trinajstić information content (AvgIpc) is 2.40. The van der Waals surface area contributed by atoms with Crippen LogP contribution in [0.15, 0.2) is 42.7 Å². The molecule has 0 aliphatic carbocycles. The number of hydrogen-bond donors (Lipinski definition) is 1. The van der Waals surface area contributed by atoms with Crippen LogP contribution in [-0.2, 0) is 5.41 Å². The molecule has 1 aromatic heterocycles. The minimum atomic E-state index is 0.0372. The lowest BCUT2D eigenvalue weighted by Crippen LogP contribution is -2.20. The van der Waals surface area contributed by atoms with Gasteiger partial charge in [0.05, 0.1) is 6.04 Å². The Morgan fingerprint density at radius 3 is 2.05 bits per heavy atom. The van der Waals surface area contributed by atoms with Crippen LogP contribution in [0.25, 0.3) is 0 Å². The molecule has 0 fully saturated rings. The molecule has 1 heterocycles. The lowest BCUT2D eigenvalue weighted by Gasteiger charge is -2.21. The Balaban J connectivity index is 2.30. The van der Waals surface area contributed by atoms with Gasteiger partial charge in [-0.05, 0) is 29.7 Å². The van der Waals surface area contributed by atoms with Crippen LogP contribution >= 0.6 is 0 Å². The molecule has 0 amide bonds. The van der Waals surface area contributed by atoms with E-state index >= 15 is 0 Å². The number of aromatic nitrogens is 2. The summed E-state index contributed by atoms with van der Waals surface area (Å²) in [7, 11) is 1.93. The molecule has 2 aromatic rings. The third-order valence-electron chi connectivity index (χ3n) is 3.24. The van der Waals surface area contributed by atoms with Gasteiger partial charge in [-0.1, -0.05) is 45.0 Å². The van der Waals surface area contributed by atoms with Crippen molar-refractivity contribution in [3.05, 3.63) is 59.7 Å². The van der Waals surface area contributed by atoms with Crippen molar-refractivity contribution in [3.63, 3.8) is 0 Å². The molecule has 100 valence electrons. The van der Waals surface area contributed by atoms with Crippen molar-refractivity contribution in [1.82, 2.24) is 15.3 Å². The fraction of sp³-hybridized carbons (Fsp3) is 0.375. The molecule has 3 nitrogen and oxygen atoms in total. The summed E-state index contributed by atoms with van der Waals surface area (Å²) < 4.78 is 0. The second-order valence-corrected chi connectivity index (χ2v) is 5.70. The predicted octanol–water partition coefficient (Wildman–Crippen LogP) is 3.08. The third-order valence-corrected chi connectivity index (χ3v) is 3.24. The summed E-state index contributed by atoms with van der Waals surface area (Å²) in [6.07, 6.45) is 3.55. The van der Waals surface area contributed by atoms with Crippen molar-refractivity contribution in [2.24, 2.45) is 0 Å². The van der Waals surface area contributed by atoms with Crippen LogP contribution in [0.1, 0.15) is 43.8 Å². The van der Waals surface area contributed by atoms with E-state index in [0.29, 0.717) is 0 Å². The first kappa shape index (κ1) is 13.7. The highest BCUT2D eigenvalue weighted by molar-refractivity contribution is 5.31. The Bertz CT molecular complexity index is 512. The standard InChI is InChI=1S/C16H21N3/c1-16(2,3)13-8-6-12(7-9-13)14(17-4)15-18-10-5-11-19-15/h5-11,14,17H,1-4H3. The Labute approximate surface area is 115 Å². The van der Waals surface area contributed by atoms with E-state index in [-0.39, 0.29) is 11.5 Å². The Morgan fingerprint density at radius 2 is 1.58 bits per heavy atom. The van der Waals surface area contributed by atoms with Crippen molar-refractivity contribution in [1.29, 1.82) is 0 Å². The smallest absolute Gasteiger partial charge is 0.149 e. The summed E-state index contributed by atoms with van der Waals surface area (Å²) in [4.78, 5) is 8.65. The second-order valence-electron chi connectivity index (χ2n) is 5.70. The molecule has 19 heavy (non-hydrogen) atoms. The van der Waals surface area contributed by atoms with Gasteiger partial charge in [0.15, 0.2) is 0 Å². The summed E-state index contributed by atoms with van der Waals surface area (Å²) in [5.74, 6) is 0.800. The number of hydrogen-bond acceptors (Lipinski definition) is 3. The quantitative estimate of drug-likeness (QED) is 0.916. The monoisotopic (exact) mass is 255 g/mol. The summed E-state index contributed by atoms with van der Waals surface area (Å²) in [6.45, 7) is 6.66. The summed E-state index contributed by atoms with van der Waals surface area (Å²) in [5.41, 5.74) is 2.69. The van der Waals surface area contributed by atoms with Crippen molar-refractivity contribution in [2.45, 2.75) is 32.2 Å².